The van der Waals surface area contributed by atoms with Crippen LogP contribution in [0.25, 0.3) is 6.08 Å². The second kappa shape index (κ2) is 14.0. The summed E-state index contributed by atoms with van der Waals surface area (Å²) < 4.78 is 11.6. The zero-order chi connectivity index (χ0) is 30.0. The molecule has 220 valence electrons. The summed E-state index contributed by atoms with van der Waals surface area (Å²) in [6.07, 6.45) is 7.41. The number of nitrogens with one attached hydrogen (secondary N) is 2. The molecule has 43 heavy (non-hydrogen) atoms. The van der Waals surface area contributed by atoms with E-state index in [1.165, 1.54) is 13.3 Å². The number of hydrogen-bond acceptors (Lipinski definition) is 9. The maximum absolute atomic E-state index is 12.8. The molecule has 0 fully saturated rings. The molecule has 2 amide bonds. The van der Waals surface area contributed by atoms with E-state index in [1.807, 2.05) is 41.3 Å². The minimum Gasteiger partial charge on any atom is -0.491 e. The Morgan fingerprint density at radius 3 is 2.70 bits per heavy atom. The molecule has 2 aliphatic heterocycles. The lowest BCUT2D eigenvalue weighted by Crippen LogP contribution is -2.47. The Morgan fingerprint density at radius 2 is 1.91 bits per heavy atom. The molecule has 3 heterocycles. The zero-order valence-corrected chi connectivity index (χ0v) is 23.8. The van der Waals surface area contributed by atoms with Gasteiger partial charge in [-0.1, -0.05) is 36.4 Å². The van der Waals surface area contributed by atoms with Crippen molar-refractivity contribution in [3.05, 3.63) is 89.8 Å². The first-order valence-corrected chi connectivity index (χ1v) is 14.0. The number of pyridine rings is 1. The van der Waals surface area contributed by atoms with E-state index in [-0.39, 0.29) is 37.2 Å². The van der Waals surface area contributed by atoms with Crippen LogP contribution in [0.15, 0.2) is 83.1 Å². The molecular weight excluding hydrogens is 548 g/mol. The van der Waals surface area contributed by atoms with Crippen molar-refractivity contribution in [1.29, 1.82) is 0 Å². The van der Waals surface area contributed by atoms with Crippen LogP contribution in [0, 0.1) is 0 Å². The van der Waals surface area contributed by atoms with Gasteiger partial charge >= 0.3 is 0 Å². The summed E-state index contributed by atoms with van der Waals surface area (Å²) in [6, 6.07) is 16.6. The standard InChI is InChI=1S/C32H32N6O5/c1-42-29-26(43-20-18-34-27(40)11-5-10-24(39)13-12-22-7-3-2-4-8-22)15-14-25-28(29)36-32(38-19-17-35-30(25)38)37-31(41)23-9-6-16-33-21-23/h2-4,6-9,12-16,21H,5,10-11,17-20H2,1H3,(H,34,40)(H,36,37,41)/b13-12+. The number of methoxy groups -OCH3 is 1. The van der Waals surface area contributed by atoms with Gasteiger partial charge in [0.15, 0.2) is 17.3 Å². The predicted molar refractivity (Wildman–Crippen MR) is 163 cm³/mol. The number of aromatic nitrogens is 1. The van der Waals surface area contributed by atoms with E-state index < -0.39 is 0 Å². The number of amides is 2. The molecule has 11 heteroatoms. The molecule has 3 aromatic rings. The Labute approximate surface area is 249 Å². The number of ether oxygens (including phenoxy) is 2. The number of hydrogen-bond donors (Lipinski definition) is 2. The van der Waals surface area contributed by atoms with Crippen LogP contribution in [0.4, 0.5) is 5.69 Å². The first-order valence-electron chi connectivity index (χ1n) is 14.0. The van der Waals surface area contributed by atoms with Gasteiger partial charge in [-0.3, -0.25) is 34.6 Å². The lowest BCUT2D eigenvalue weighted by atomic mass is 10.1. The normalized spacial score (nSPS) is 13.5. The van der Waals surface area contributed by atoms with Crippen molar-refractivity contribution in [3.63, 3.8) is 0 Å². The maximum Gasteiger partial charge on any atom is 0.259 e. The van der Waals surface area contributed by atoms with Crippen LogP contribution in [-0.4, -0.2) is 72.6 Å². The van der Waals surface area contributed by atoms with Crippen molar-refractivity contribution >= 4 is 41.2 Å². The van der Waals surface area contributed by atoms with Crippen molar-refractivity contribution in [2.45, 2.75) is 19.3 Å². The topological polar surface area (TPSA) is 135 Å². The average Bonchev–Trinajstić information content (AvgIpc) is 3.54. The van der Waals surface area contributed by atoms with E-state index in [0.717, 1.165) is 11.1 Å². The number of aliphatic imine (C=N–C) groups is 2. The van der Waals surface area contributed by atoms with Gasteiger partial charge in [0.05, 0.1) is 25.8 Å². The molecule has 2 aliphatic rings. The Balaban J connectivity index is 1.14. The highest BCUT2D eigenvalue weighted by Crippen LogP contribution is 2.43. The van der Waals surface area contributed by atoms with Crippen LogP contribution in [0.5, 0.6) is 11.5 Å². The van der Waals surface area contributed by atoms with E-state index in [4.69, 9.17) is 14.5 Å². The monoisotopic (exact) mass is 580 g/mol. The summed E-state index contributed by atoms with van der Waals surface area (Å²) in [4.78, 5) is 52.4. The molecule has 2 N–H and O–H groups in total. The van der Waals surface area contributed by atoms with Crippen molar-refractivity contribution in [2.24, 2.45) is 9.98 Å². The molecule has 0 bridgehead atoms. The number of amidine groups is 1. The molecule has 0 radical (unpaired) electrons. The third-order valence-corrected chi connectivity index (χ3v) is 6.77. The van der Waals surface area contributed by atoms with E-state index in [2.05, 4.69) is 20.6 Å². The smallest absolute Gasteiger partial charge is 0.259 e. The molecule has 1 aromatic heterocycles. The maximum atomic E-state index is 12.8. The van der Waals surface area contributed by atoms with E-state index in [0.29, 0.717) is 60.5 Å². The quantitative estimate of drug-likeness (QED) is 0.247. The van der Waals surface area contributed by atoms with Crippen molar-refractivity contribution in [2.75, 3.05) is 33.4 Å². The number of carbonyl (C=O) groups excluding carboxylic acids is 3. The van der Waals surface area contributed by atoms with Gasteiger partial charge in [-0.2, -0.15) is 0 Å². The van der Waals surface area contributed by atoms with Crippen molar-refractivity contribution in [3.8, 4) is 11.5 Å². The summed E-state index contributed by atoms with van der Waals surface area (Å²) in [7, 11) is 1.52. The predicted octanol–water partition coefficient (Wildman–Crippen LogP) is 3.53. The number of guanidine groups is 1. The molecule has 11 nitrogen and oxygen atoms in total. The number of fused-ring (bicyclic) bond motifs is 3. The molecule has 0 saturated heterocycles. The molecular formula is C32H32N6O5. The highest BCUT2D eigenvalue weighted by atomic mass is 16.5. The van der Waals surface area contributed by atoms with Gasteiger partial charge in [0.2, 0.25) is 11.9 Å². The highest BCUT2D eigenvalue weighted by molar-refractivity contribution is 6.20. The fourth-order valence-corrected chi connectivity index (χ4v) is 4.67. The van der Waals surface area contributed by atoms with Crippen LogP contribution >= 0.6 is 0 Å². The molecule has 0 spiro atoms. The summed E-state index contributed by atoms with van der Waals surface area (Å²) in [5.41, 5.74) is 2.63. The van der Waals surface area contributed by atoms with Gasteiger partial charge < -0.3 is 14.8 Å². The summed E-state index contributed by atoms with van der Waals surface area (Å²) in [5, 5.41) is 5.69. The lowest BCUT2D eigenvalue weighted by molar-refractivity contribution is -0.121. The molecule has 5 rings (SSSR count). The minimum atomic E-state index is -0.336. The van der Waals surface area contributed by atoms with Crippen molar-refractivity contribution in [1.82, 2.24) is 20.5 Å². The van der Waals surface area contributed by atoms with Crippen LogP contribution in [0.3, 0.4) is 0 Å². The number of rotatable bonds is 12. The first kappa shape index (κ1) is 29.2. The van der Waals surface area contributed by atoms with Crippen LogP contribution in [-0.2, 0) is 9.59 Å². The summed E-state index contributed by atoms with van der Waals surface area (Å²) in [5.74, 6) is 1.37. The van der Waals surface area contributed by atoms with Gasteiger partial charge in [-0.05, 0) is 42.3 Å². The second-order valence-electron chi connectivity index (χ2n) is 9.74. The van der Waals surface area contributed by atoms with E-state index in [9.17, 15) is 14.4 Å². The van der Waals surface area contributed by atoms with Crippen LogP contribution in [0.2, 0.25) is 0 Å². The molecule has 0 aliphatic carbocycles. The lowest BCUT2D eigenvalue weighted by Gasteiger charge is -2.28. The minimum absolute atomic E-state index is 0.0198. The number of allylic oxidation sites excluding steroid dienone is 1. The zero-order valence-electron chi connectivity index (χ0n) is 23.8. The van der Waals surface area contributed by atoms with Gasteiger partial charge in [-0.15, -0.1) is 0 Å². The summed E-state index contributed by atoms with van der Waals surface area (Å²) >= 11 is 0. The Hall–Kier alpha value is -5.32. The Bertz CT molecular complexity index is 1570. The Kier molecular flexibility index (Phi) is 9.53. The Morgan fingerprint density at radius 1 is 1.05 bits per heavy atom. The van der Waals surface area contributed by atoms with Gasteiger partial charge in [0.1, 0.15) is 18.1 Å². The van der Waals surface area contributed by atoms with Gasteiger partial charge in [0, 0.05) is 37.3 Å². The number of ketones is 1. The van der Waals surface area contributed by atoms with E-state index in [1.54, 1.807) is 36.5 Å². The SMILES string of the molecule is COc1c(OCCNC(=O)CCCC(=O)/C=C/c2ccccc2)ccc2c1N=C(NC(=O)c1cccnc1)N1CCN=C21. The van der Waals surface area contributed by atoms with Gasteiger partial charge in [-0.25, -0.2) is 4.99 Å². The number of nitrogens with zero attached hydrogens (tertiary/aromatic N) is 4. The second-order valence-corrected chi connectivity index (χ2v) is 9.74. The summed E-state index contributed by atoms with van der Waals surface area (Å²) in [6.45, 7) is 1.62. The number of carbonyl (C=O) groups is 3. The van der Waals surface area contributed by atoms with Crippen molar-refractivity contribution < 1.29 is 23.9 Å². The third kappa shape index (κ3) is 7.31. The fraction of sp³-hybridized carbons (Fsp3) is 0.250. The molecule has 0 atom stereocenters. The molecule has 2 aromatic carbocycles. The largest absolute Gasteiger partial charge is 0.491 e. The van der Waals surface area contributed by atoms with Gasteiger partial charge in [0.25, 0.3) is 5.91 Å². The number of benzene rings is 2. The highest BCUT2D eigenvalue weighted by Gasteiger charge is 2.33. The van der Waals surface area contributed by atoms with Crippen LogP contribution in [0.1, 0.15) is 40.7 Å². The molecule has 0 unspecified atom stereocenters. The van der Waals surface area contributed by atoms with E-state index >= 15 is 0 Å². The fourth-order valence-electron chi connectivity index (χ4n) is 4.67. The first-order chi connectivity index (χ1) is 21.0. The van der Waals surface area contributed by atoms with Crippen LogP contribution < -0.4 is 20.1 Å². The average molecular weight is 581 g/mol. The third-order valence-electron chi connectivity index (χ3n) is 6.77. The molecule has 0 saturated carbocycles.